The fraction of sp³-hybridized carbons (Fsp3) is 0.214. The molecule has 3 N–H and O–H groups in total. The first-order chi connectivity index (χ1) is 8.79. The van der Waals surface area contributed by atoms with Crippen LogP contribution in [0.4, 0.5) is 0 Å². The first kappa shape index (κ1) is 11.0. The summed E-state index contributed by atoms with van der Waals surface area (Å²) in [5, 5.41) is 2.33. The highest BCUT2D eigenvalue weighted by molar-refractivity contribution is 6.08. The number of benzene rings is 1. The Labute approximate surface area is 105 Å². The first-order valence-corrected chi connectivity index (χ1v) is 5.99. The molecule has 0 saturated heterocycles. The van der Waals surface area contributed by atoms with Gasteiger partial charge in [-0.05, 0) is 31.2 Å². The van der Waals surface area contributed by atoms with Crippen molar-refractivity contribution in [2.45, 2.75) is 6.92 Å². The maximum absolute atomic E-state index is 5.56. The van der Waals surface area contributed by atoms with Crippen LogP contribution in [0.3, 0.4) is 0 Å². The SMILES string of the molecule is Cc1nccc2c1[nH]c1ccc(OCCN)cc12. The fourth-order valence-electron chi connectivity index (χ4n) is 2.21. The third kappa shape index (κ3) is 1.71. The third-order valence-electron chi connectivity index (χ3n) is 3.07. The van der Waals surface area contributed by atoms with E-state index in [1.807, 2.05) is 37.4 Å². The molecular formula is C14H15N3O. The van der Waals surface area contributed by atoms with Crippen LogP contribution in [0.15, 0.2) is 30.5 Å². The minimum atomic E-state index is 0.523. The molecule has 0 aliphatic heterocycles. The van der Waals surface area contributed by atoms with Gasteiger partial charge in [-0.1, -0.05) is 0 Å². The predicted molar refractivity (Wildman–Crippen MR) is 72.9 cm³/mol. The van der Waals surface area contributed by atoms with Crippen molar-refractivity contribution in [2.75, 3.05) is 13.2 Å². The maximum Gasteiger partial charge on any atom is 0.120 e. The van der Waals surface area contributed by atoms with Crippen molar-refractivity contribution in [1.82, 2.24) is 9.97 Å². The van der Waals surface area contributed by atoms with E-state index in [1.165, 1.54) is 5.39 Å². The molecule has 0 unspecified atom stereocenters. The lowest BCUT2D eigenvalue weighted by Gasteiger charge is -2.03. The van der Waals surface area contributed by atoms with Crippen LogP contribution in [0, 0.1) is 6.92 Å². The van der Waals surface area contributed by atoms with E-state index in [9.17, 15) is 0 Å². The number of nitrogens with zero attached hydrogens (tertiary/aromatic N) is 1. The molecule has 18 heavy (non-hydrogen) atoms. The van der Waals surface area contributed by atoms with Gasteiger partial charge in [0.25, 0.3) is 0 Å². The number of aromatic nitrogens is 2. The molecule has 4 nitrogen and oxygen atoms in total. The van der Waals surface area contributed by atoms with Gasteiger partial charge in [-0.2, -0.15) is 0 Å². The number of aromatic amines is 1. The zero-order valence-corrected chi connectivity index (χ0v) is 10.2. The lowest BCUT2D eigenvalue weighted by Crippen LogP contribution is -2.10. The Morgan fingerprint density at radius 1 is 1.28 bits per heavy atom. The molecule has 4 heteroatoms. The third-order valence-corrected chi connectivity index (χ3v) is 3.07. The minimum Gasteiger partial charge on any atom is -0.492 e. The number of pyridine rings is 1. The number of H-pyrrole nitrogens is 1. The molecule has 0 radical (unpaired) electrons. The Balaban J connectivity index is 2.20. The Kier molecular flexibility index (Phi) is 2.64. The molecule has 0 spiro atoms. The van der Waals surface area contributed by atoms with Gasteiger partial charge in [0.2, 0.25) is 0 Å². The molecule has 0 atom stereocenters. The molecule has 92 valence electrons. The van der Waals surface area contributed by atoms with Gasteiger partial charge >= 0.3 is 0 Å². The molecule has 2 aromatic heterocycles. The van der Waals surface area contributed by atoms with Gasteiger partial charge in [0.1, 0.15) is 12.4 Å². The number of hydrogen-bond donors (Lipinski definition) is 2. The van der Waals surface area contributed by atoms with E-state index in [4.69, 9.17) is 10.5 Å². The topological polar surface area (TPSA) is 63.9 Å². The average Bonchev–Trinajstić information content (AvgIpc) is 2.76. The van der Waals surface area contributed by atoms with Gasteiger partial charge in [-0.3, -0.25) is 4.98 Å². The van der Waals surface area contributed by atoms with E-state index in [0.29, 0.717) is 13.2 Å². The number of fused-ring (bicyclic) bond motifs is 3. The van der Waals surface area contributed by atoms with Crippen LogP contribution in [0.1, 0.15) is 5.69 Å². The van der Waals surface area contributed by atoms with Crippen LogP contribution in [0.5, 0.6) is 5.75 Å². The van der Waals surface area contributed by atoms with Crippen LogP contribution >= 0.6 is 0 Å². The quantitative estimate of drug-likeness (QED) is 0.740. The van der Waals surface area contributed by atoms with Gasteiger partial charge in [0, 0.05) is 29.0 Å². The molecule has 1 aromatic carbocycles. The lowest BCUT2D eigenvalue weighted by molar-refractivity contribution is 0.329. The fourth-order valence-corrected chi connectivity index (χ4v) is 2.21. The van der Waals surface area contributed by atoms with Gasteiger partial charge in [0.05, 0.1) is 11.2 Å². The van der Waals surface area contributed by atoms with Gasteiger partial charge in [0.15, 0.2) is 0 Å². The molecule has 0 bridgehead atoms. The van der Waals surface area contributed by atoms with Crippen LogP contribution in [-0.4, -0.2) is 23.1 Å². The maximum atomic E-state index is 5.56. The van der Waals surface area contributed by atoms with Crippen molar-refractivity contribution in [3.8, 4) is 5.75 Å². The van der Waals surface area contributed by atoms with Crippen molar-refractivity contribution >= 4 is 21.8 Å². The van der Waals surface area contributed by atoms with Crippen LogP contribution in [-0.2, 0) is 0 Å². The summed E-state index contributed by atoms with van der Waals surface area (Å²) in [7, 11) is 0. The highest BCUT2D eigenvalue weighted by Crippen LogP contribution is 2.29. The van der Waals surface area contributed by atoms with E-state index in [1.54, 1.807) is 0 Å². The molecule has 0 amide bonds. The summed E-state index contributed by atoms with van der Waals surface area (Å²) >= 11 is 0. The van der Waals surface area contributed by atoms with Crippen LogP contribution in [0.2, 0.25) is 0 Å². The lowest BCUT2D eigenvalue weighted by atomic mass is 10.1. The standard InChI is InChI=1S/C14H15N3O/c1-9-14-11(4-6-16-9)12-8-10(18-7-5-15)2-3-13(12)17-14/h2-4,6,8,17H,5,7,15H2,1H3. The first-order valence-electron chi connectivity index (χ1n) is 5.99. The van der Waals surface area contributed by atoms with Gasteiger partial charge in [-0.15, -0.1) is 0 Å². The molecule has 2 heterocycles. The van der Waals surface area contributed by atoms with Crippen molar-refractivity contribution in [3.05, 3.63) is 36.2 Å². The Hall–Kier alpha value is -2.07. The molecule has 3 rings (SSSR count). The molecule has 0 saturated carbocycles. The van der Waals surface area contributed by atoms with E-state index in [-0.39, 0.29) is 0 Å². The Morgan fingerprint density at radius 2 is 2.17 bits per heavy atom. The number of hydrogen-bond acceptors (Lipinski definition) is 3. The monoisotopic (exact) mass is 241 g/mol. The zero-order chi connectivity index (χ0) is 12.5. The van der Waals surface area contributed by atoms with E-state index < -0.39 is 0 Å². The summed E-state index contributed by atoms with van der Waals surface area (Å²) < 4.78 is 5.56. The molecule has 0 aliphatic carbocycles. The average molecular weight is 241 g/mol. The largest absolute Gasteiger partial charge is 0.492 e. The van der Waals surface area contributed by atoms with Gasteiger partial charge < -0.3 is 15.5 Å². The van der Waals surface area contributed by atoms with E-state index in [2.05, 4.69) is 9.97 Å². The minimum absolute atomic E-state index is 0.523. The van der Waals surface area contributed by atoms with Gasteiger partial charge in [-0.25, -0.2) is 0 Å². The Bertz CT molecular complexity index is 703. The zero-order valence-electron chi connectivity index (χ0n) is 10.2. The summed E-state index contributed by atoms with van der Waals surface area (Å²) in [6, 6.07) is 8.05. The van der Waals surface area contributed by atoms with Crippen molar-refractivity contribution in [1.29, 1.82) is 0 Å². The second kappa shape index (κ2) is 4.31. The number of aryl methyl sites for hydroxylation is 1. The summed E-state index contributed by atoms with van der Waals surface area (Å²) in [4.78, 5) is 7.68. The van der Waals surface area contributed by atoms with E-state index in [0.717, 1.165) is 27.9 Å². The van der Waals surface area contributed by atoms with Crippen molar-refractivity contribution in [3.63, 3.8) is 0 Å². The van der Waals surface area contributed by atoms with Crippen LogP contribution in [0.25, 0.3) is 21.8 Å². The van der Waals surface area contributed by atoms with E-state index >= 15 is 0 Å². The number of rotatable bonds is 3. The normalized spacial score (nSPS) is 11.2. The summed E-state index contributed by atoms with van der Waals surface area (Å²) in [6.07, 6.45) is 1.83. The van der Waals surface area contributed by atoms with Crippen molar-refractivity contribution < 1.29 is 4.74 Å². The number of nitrogens with two attached hydrogens (primary N) is 1. The highest BCUT2D eigenvalue weighted by atomic mass is 16.5. The van der Waals surface area contributed by atoms with Crippen LogP contribution < -0.4 is 10.5 Å². The molecule has 3 aromatic rings. The second-order valence-corrected chi connectivity index (χ2v) is 4.29. The smallest absolute Gasteiger partial charge is 0.120 e. The summed E-state index contributed by atoms with van der Waals surface area (Å²) in [5.41, 5.74) is 8.63. The molecular weight excluding hydrogens is 226 g/mol. The summed E-state index contributed by atoms with van der Waals surface area (Å²) in [5.74, 6) is 0.850. The molecule has 0 aliphatic rings. The number of ether oxygens (including phenoxy) is 1. The predicted octanol–water partition coefficient (Wildman–Crippen LogP) is 2.36. The Morgan fingerprint density at radius 3 is 3.00 bits per heavy atom. The second-order valence-electron chi connectivity index (χ2n) is 4.29. The highest BCUT2D eigenvalue weighted by Gasteiger charge is 2.07. The summed E-state index contributed by atoms with van der Waals surface area (Å²) in [6.45, 7) is 3.06. The molecule has 0 fully saturated rings. The van der Waals surface area contributed by atoms with Crippen molar-refractivity contribution in [2.24, 2.45) is 5.73 Å². The number of nitrogens with one attached hydrogen (secondary N) is 1.